The van der Waals surface area contributed by atoms with Gasteiger partial charge in [-0.2, -0.15) is 18.3 Å². The molecule has 2 heterocycles. The summed E-state index contributed by atoms with van der Waals surface area (Å²) in [6.07, 6.45) is -2.89. The fraction of sp³-hybridized carbons (Fsp3) is 0.143. The van der Waals surface area contributed by atoms with E-state index in [9.17, 15) is 13.2 Å². The van der Waals surface area contributed by atoms with Crippen molar-refractivity contribution in [2.24, 2.45) is 5.10 Å². The third kappa shape index (κ3) is 3.93. The highest BCUT2D eigenvalue weighted by Crippen LogP contribution is 2.36. The van der Waals surface area contributed by atoms with E-state index in [4.69, 9.17) is 11.6 Å². The van der Waals surface area contributed by atoms with Gasteiger partial charge in [0.2, 0.25) is 5.13 Å². The van der Waals surface area contributed by atoms with Crippen LogP contribution in [0.4, 0.5) is 18.3 Å². The molecule has 0 atom stereocenters. The Labute approximate surface area is 179 Å². The van der Waals surface area contributed by atoms with Crippen LogP contribution in [0.3, 0.4) is 0 Å². The lowest BCUT2D eigenvalue weighted by Crippen LogP contribution is -2.08. The second-order valence-electron chi connectivity index (χ2n) is 6.68. The Morgan fingerprint density at radius 3 is 2.63 bits per heavy atom. The van der Waals surface area contributed by atoms with Gasteiger partial charge in [0.05, 0.1) is 27.0 Å². The first-order valence-corrected chi connectivity index (χ1v) is 10.1. The lowest BCUT2D eigenvalue weighted by atomic mass is 10.2. The standard InChI is InChI=1S/C21H16ClF3N4S/c1-12-9-14(11-26-28-20-27-18-5-3-4-6-19(18)30-20)13(2)29(12)15-7-8-17(22)16(10-15)21(23,24)25/h3-11H,1-2H3,(H,27,28)/b26-11-. The zero-order valence-electron chi connectivity index (χ0n) is 16.0. The van der Waals surface area contributed by atoms with Crippen LogP contribution in [-0.4, -0.2) is 15.8 Å². The van der Waals surface area contributed by atoms with Gasteiger partial charge in [0.25, 0.3) is 0 Å². The molecule has 2 aromatic carbocycles. The molecule has 9 heteroatoms. The number of halogens is 4. The molecule has 1 N–H and O–H groups in total. The first-order chi connectivity index (χ1) is 14.2. The molecule has 0 saturated heterocycles. The summed E-state index contributed by atoms with van der Waals surface area (Å²) in [5.41, 5.74) is 5.66. The molecule has 4 aromatic rings. The van der Waals surface area contributed by atoms with Crippen LogP contribution in [0.2, 0.25) is 5.02 Å². The molecule has 0 bridgehead atoms. The lowest BCUT2D eigenvalue weighted by molar-refractivity contribution is -0.137. The van der Waals surface area contributed by atoms with Gasteiger partial charge >= 0.3 is 6.18 Å². The van der Waals surface area contributed by atoms with Gasteiger partial charge in [0.1, 0.15) is 0 Å². The normalized spacial score (nSPS) is 12.2. The van der Waals surface area contributed by atoms with E-state index >= 15 is 0 Å². The molecule has 0 fully saturated rings. The topological polar surface area (TPSA) is 42.2 Å². The van der Waals surface area contributed by atoms with E-state index in [0.29, 0.717) is 10.8 Å². The minimum absolute atomic E-state index is 0.324. The number of thiazole rings is 1. The molecule has 154 valence electrons. The smallest absolute Gasteiger partial charge is 0.318 e. The Kier molecular flexibility index (Phi) is 5.29. The van der Waals surface area contributed by atoms with Gasteiger partial charge < -0.3 is 4.57 Å². The predicted molar refractivity (Wildman–Crippen MR) is 116 cm³/mol. The van der Waals surface area contributed by atoms with Crippen LogP contribution in [0.5, 0.6) is 0 Å². The van der Waals surface area contributed by atoms with Gasteiger partial charge in [0, 0.05) is 22.6 Å². The van der Waals surface area contributed by atoms with Crippen molar-refractivity contribution in [3.05, 3.63) is 76.1 Å². The highest BCUT2D eigenvalue weighted by Gasteiger charge is 2.33. The average molecular weight is 449 g/mol. The maximum absolute atomic E-state index is 13.2. The van der Waals surface area contributed by atoms with E-state index in [0.717, 1.165) is 33.2 Å². The van der Waals surface area contributed by atoms with Crippen molar-refractivity contribution in [2.45, 2.75) is 20.0 Å². The van der Waals surface area contributed by atoms with Crippen molar-refractivity contribution in [2.75, 3.05) is 5.43 Å². The van der Waals surface area contributed by atoms with Crippen LogP contribution in [0.15, 0.2) is 53.6 Å². The number of anilines is 1. The summed E-state index contributed by atoms with van der Waals surface area (Å²) in [5.74, 6) is 0. The Bertz CT molecular complexity index is 1220. The Morgan fingerprint density at radius 2 is 1.90 bits per heavy atom. The molecule has 0 unspecified atom stereocenters. The fourth-order valence-corrected chi connectivity index (χ4v) is 4.30. The van der Waals surface area contributed by atoms with E-state index in [2.05, 4.69) is 15.5 Å². The monoisotopic (exact) mass is 448 g/mol. The van der Waals surface area contributed by atoms with Crippen molar-refractivity contribution in [3.8, 4) is 5.69 Å². The number of para-hydroxylation sites is 1. The zero-order valence-corrected chi connectivity index (χ0v) is 17.5. The number of nitrogens with one attached hydrogen (secondary N) is 1. The molecule has 0 aliphatic rings. The number of hydrazone groups is 1. The summed E-state index contributed by atoms with van der Waals surface area (Å²) in [5, 5.41) is 4.58. The number of aromatic nitrogens is 2. The number of hydrogen-bond acceptors (Lipinski definition) is 4. The Morgan fingerprint density at radius 1 is 1.13 bits per heavy atom. The second-order valence-corrected chi connectivity index (χ2v) is 8.12. The largest absolute Gasteiger partial charge is 0.417 e. The summed E-state index contributed by atoms with van der Waals surface area (Å²) >= 11 is 7.23. The molecule has 0 saturated carbocycles. The van der Waals surface area contributed by atoms with Gasteiger partial charge in [-0.15, -0.1) is 0 Å². The Hall–Kier alpha value is -2.84. The van der Waals surface area contributed by atoms with E-state index in [1.807, 2.05) is 44.2 Å². The summed E-state index contributed by atoms with van der Waals surface area (Å²) in [6.45, 7) is 3.65. The third-order valence-corrected chi connectivity index (χ3v) is 5.91. The maximum Gasteiger partial charge on any atom is 0.417 e. The van der Waals surface area contributed by atoms with Gasteiger partial charge in [0.15, 0.2) is 0 Å². The number of aryl methyl sites for hydroxylation is 1. The molecule has 2 aromatic heterocycles. The Balaban J connectivity index is 1.61. The minimum atomic E-state index is -4.52. The van der Waals surface area contributed by atoms with E-state index < -0.39 is 11.7 Å². The quantitative estimate of drug-likeness (QED) is 0.275. The van der Waals surface area contributed by atoms with Crippen LogP contribution in [0, 0.1) is 13.8 Å². The van der Waals surface area contributed by atoms with Crippen molar-refractivity contribution < 1.29 is 13.2 Å². The molecule has 0 amide bonds. The first kappa shape index (κ1) is 20.4. The molecule has 0 spiro atoms. The molecule has 4 rings (SSSR count). The second kappa shape index (κ2) is 7.77. The fourth-order valence-electron chi connectivity index (χ4n) is 3.26. The molecule has 0 aliphatic carbocycles. The summed E-state index contributed by atoms with van der Waals surface area (Å²) in [4.78, 5) is 4.45. The molecule has 0 radical (unpaired) electrons. The summed E-state index contributed by atoms with van der Waals surface area (Å²) < 4.78 is 42.5. The average Bonchev–Trinajstić information content (AvgIpc) is 3.22. The van der Waals surface area contributed by atoms with Crippen LogP contribution >= 0.6 is 22.9 Å². The van der Waals surface area contributed by atoms with Crippen molar-refractivity contribution in [1.82, 2.24) is 9.55 Å². The van der Waals surface area contributed by atoms with Crippen LogP contribution in [0.25, 0.3) is 15.9 Å². The summed E-state index contributed by atoms with van der Waals surface area (Å²) in [6, 6.07) is 13.5. The van der Waals surface area contributed by atoms with Gasteiger partial charge in [-0.05, 0) is 50.2 Å². The summed E-state index contributed by atoms with van der Waals surface area (Å²) in [7, 11) is 0. The highest BCUT2D eigenvalue weighted by molar-refractivity contribution is 7.22. The van der Waals surface area contributed by atoms with Gasteiger partial charge in [-0.1, -0.05) is 35.1 Å². The molecular formula is C21H16ClF3N4S. The number of hydrogen-bond donors (Lipinski definition) is 1. The molecule has 4 nitrogen and oxygen atoms in total. The zero-order chi connectivity index (χ0) is 21.5. The predicted octanol–water partition coefficient (Wildman–Crippen LogP) is 6.82. The van der Waals surface area contributed by atoms with Crippen LogP contribution in [-0.2, 0) is 6.18 Å². The van der Waals surface area contributed by atoms with Gasteiger partial charge in [-0.25, -0.2) is 4.98 Å². The van der Waals surface area contributed by atoms with E-state index in [1.54, 1.807) is 16.8 Å². The van der Waals surface area contributed by atoms with Crippen molar-refractivity contribution in [1.29, 1.82) is 0 Å². The van der Waals surface area contributed by atoms with E-state index in [1.165, 1.54) is 17.4 Å². The number of rotatable bonds is 4. The molecular weight excluding hydrogens is 433 g/mol. The molecule has 30 heavy (non-hydrogen) atoms. The number of fused-ring (bicyclic) bond motifs is 1. The first-order valence-electron chi connectivity index (χ1n) is 8.95. The number of nitrogens with zero attached hydrogens (tertiary/aromatic N) is 3. The highest BCUT2D eigenvalue weighted by atomic mass is 35.5. The van der Waals surface area contributed by atoms with Gasteiger partial charge in [-0.3, -0.25) is 5.43 Å². The third-order valence-electron chi connectivity index (χ3n) is 4.64. The van der Waals surface area contributed by atoms with Crippen molar-refractivity contribution >= 4 is 44.5 Å². The van der Waals surface area contributed by atoms with Crippen LogP contribution < -0.4 is 5.43 Å². The van der Waals surface area contributed by atoms with E-state index in [-0.39, 0.29) is 5.02 Å². The van der Waals surface area contributed by atoms with Crippen LogP contribution in [0.1, 0.15) is 22.5 Å². The number of alkyl halides is 3. The minimum Gasteiger partial charge on any atom is -0.318 e. The SMILES string of the molecule is Cc1cc(/C=N\Nc2nc3ccccc3s2)c(C)n1-c1ccc(Cl)c(C(F)(F)F)c1. The lowest BCUT2D eigenvalue weighted by Gasteiger charge is -2.14. The molecule has 0 aliphatic heterocycles. The van der Waals surface area contributed by atoms with Crippen molar-refractivity contribution in [3.63, 3.8) is 0 Å². The maximum atomic E-state index is 13.2. The number of benzene rings is 2.